The Morgan fingerprint density at radius 2 is 1.90 bits per heavy atom. The van der Waals surface area contributed by atoms with Gasteiger partial charge in [0.15, 0.2) is 17.3 Å². The van der Waals surface area contributed by atoms with Gasteiger partial charge in [0.2, 0.25) is 0 Å². The monoisotopic (exact) mass is 304 g/mol. The van der Waals surface area contributed by atoms with Crippen LogP contribution in [0.2, 0.25) is 5.02 Å². The number of benzene rings is 2. The number of aryl methyl sites for hydroxylation is 1. The second-order valence-corrected chi connectivity index (χ2v) is 5.05. The van der Waals surface area contributed by atoms with Crippen molar-refractivity contribution in [3.05, 3.63) is 52.5 Å². The fraction of sp³-hybridized carbons (Fsp3) is 0.235. The van der Waals surface area contributed by atoms with Crippen LogP contribution in [-0.4, -0.2) is 12.9 Å². The van der Waals surface area contributed by atoms with Crippen LogP contribution in [0.4, 0.5) is 0 Å². The van der Waals surface area contributed by atoms with Gasteiger partial charge in [-0.1, -0.05) is 24.6 Å². The molecule has 0 N–H and O–H groups in total. The molecule has 0 aliphatic rings. The first kappa shape index (κ1) is 15.4. The molecule has 0 unspecified atom stereocenters. The lowest BCUT2D eigenvalue weighted by molar-refractivity contribution is 0.101. The third-order valence-electron chi connectivity index (χ3n) is 3.18. The lowest BCUT2D eigenvalue weighted by Crippen LogP contribution is -1.95. The Labute approximate surface area is 129 Å². The summed E-state index contributed by atoms with van der Waals surface area (Å²) in [6.07, 6.45) is 0.926. The van der Waals surface area contributed by atoms with E-state index in [0.717, 1.165) is 6.42 Å². The van der Waals surface area contributed by atoms with Gasteiger partial charge in [0.05, 0.1) is 12.1 Å². The van der Waals surface area contributed by atoms with Crippen LogP contribution in [-0.2, 0) is 6.42 Å². The molecule has 3 nitrogen and oxygen atoms in total. The Morgan fingerprint density at radius 3 is 2.48 bits per heavy atom. The molecule has 2 aromatic carbocycles. The second-order valence-electron chi connectivity index (χ2n) is 4.64. The maximum absolute atomic E-state index is 11.4. The summed E-state index contributed by atoms with van der Waals surface area (Å²) < 4.78 is 11.1. The number of hydrogen-bond acceptors (Lipinski definition) is 3. The molecule has 0 amide bonds. The minimum Gasteiger partial charge on any atom is -0.493 e. The van der Waals surface area contributed by atoms with E-state index >= 15 is 0 Å². The van der Waals surface area contributed by atoms with E-state index in [4.69, 9.17) is 21.1 Å². The zero-order valence-electron chi connectivity index (χ0n) is 12.3. The predicted molar refractivity (Wildman–Crippen MR) is 83.9 cm³/mol. The number of ketones is 1. The highest BCUT2D eigenvalue weighted by Gasteiger charge is 2.10. The van der Waals surface area contributed by atoms with Crippen LogP contribution in [0.25, 0.3) is 0 Å². The van der Waals surface area contributed by atoms with Gasteiger partial charge in [0.1, 0.15) is 5.75 Å². The Kier molecular flexibility index (Phi) is 4.86. The van der Waals surface area contributed by atoms with Crippen molar-refractivity contribution in [2.24, 2.45) is 0 Å². The number of carbonyl (C=O) groups excluding carboxylic acids is 1. The highest BCUT2D eigenvalue weighted by atomic mass is 35.5. The molecule has 0 bridgehead atoms. The summed E-state index contributed by atoms with van der Waals surface area (Å²) in [5.41, 5.74) is 1.65. The number of hydrogen-bond donors (Lipinski definition) is 0. The van der Waals surface area contributed by atoms with Crippen molar-refractivity contribution < 1.29 is 14.3 Å². The van der Waals surface area contributed by atoms with Crippen molar-refractivity contribution in [3.63, 3.8) is 0 Å². The van der Waals surface area contributed by atoms with Gasteiger partial charge in [-0.3, -0.25) is 4.79 Å². The van der Waals surface area contributed by atoms with E-state index in [1.807, 2.05) is 18.2 Å². The Hall–Kier alpha value is -2.00. The Morgan fingerprint density at radius 1 is 1.14 bits per heavy atom. The Balaban J connectivity index is 2.30. The average molecular weight is 305 g/mol. The van der Waals surface area contributed by atoms with Crippen LogP contribution < -0.4 is 9.47 Å². The summed E-state index contributed by atoms with van der Waals surface area (Å²) in [6.45, 7) is 3.56. The van der Waals surface area contributed by atoms with Gasteiger partial charge in [-0.2, -0.15) is 0 Å². The lowest BCUT2D eigenvalue weighted by Gasteiger charge is -2.12. The van der Waals surface area contributed by atoms with Gasteiger partial charge in [-0.15, -0.1) is 0 Å². The van der Waals surface area contributed by atoms with Crippen molar-refractivity contribution >= 4 is 17.4 Å². The number of halogens is 1. The molecule has 2 aromatic rings. The topological polar surface area (TPSA) is 35.5 Å². The van der Waals surface area contributed by atoms with Crippen LogP contribution >= 0.6 is 11.6 Å². The maximum atomic E-state index is 11.4. The summed E-state index contributed by atoms with van der Waals surface area (Å²) in [5.74, 6) is 1.77. The second kappa shape index (κ2) is 6.64. The highest BCUT2D eigenvalue weighted by Crippen LogP contribution is 2.34. The molecule has 0 aromatic heterocycles. The average Bonchev–Trinajstić information content (AvgIpc) is 2.47. The predicted octanol–water partition coefficient (Wildman–Crippen LogP) is 4.91. The van der Waals surface area contributed by atoms with Gasteiger partial charge < -0.3 is 9.47 Å². The molecule has 0 fully saturated rings. The number of methoxy groups -OCH3 is 1. The molecule has 0 atom stereocenters. The van der Waals surface area contributed by atoms with Crippen LogP contribution in [0.3, 0.4) is 0 Å². The largest absolute Gasteiger partial charge is 0.493 e. The molecule has 0 aliphatic carbocycles. The van der Waals surface area contributed by atoms with E-state index < -0.39 is 0 Å². The first-order chi connectivity index (χ1) is 10.0. The van der Waals surface area contributed by atoms with Crippen molar-refractivity contribution in [2.75, 3.05) is 7.11 Å². The van der Waals surface area contributed by atoms with Gasteiger partial charge >= 0.3 is 0 Å². The quantitative estimate of drug-likeness (QED) is 0.737. The van der Waals surface area contributed by atoms with Crippen LogP contribution in [0.1, 0.15) is 29.8 Å². The lowest BCUT2D eigenvalue weighted by atomic mass is 10.1. The maximum Gasteiger partial charge on any atom is 0.169 e. The molecule has 0 radical (unpaired) electrons. The normalized spacial score (nSPS) is 10.3. The summed E-state index contributed by atoms with van der Waals surface area (Å²) >= 11 is 6.08. The van der Waals surface area contributed by atoms with E-state index in [2.05, 4.69) is 6.92 Å². The fourth-order valence-electron chi connectivity index (χ4n) is 1.99. The smallest absolute Gasteiger partial charge is 0.169 e. The Bertz CT molecular complexity index is 665. The van der Waals surface area contributed by atoms with Gasteiger partial charge in [0, 0.05) is 11.6 Å². The summed E-state index contributed by atoms with van der Waals surface area (Å²) in [4.78, 5) is 11.4. The van der Waals surface area contributed by atoms with Gasteiger partial charge in [-0.05, 0) is 43.2 Å². The zero-order chi connectivity index (χ0) is 15.4. The number of carbonyl (C=O) groups is 1. The van der Waals surface area contributed by atoms with Crippen molar-refractivity contribution in [2.45, 2.75) is 20.3 Å². The fourth-order valence-corrected chi connectivity index (χ4v) is 2.29. The molecule has 0 heterocycles. The standard InChI is InChI=1S/C17H17ClO3/c1-4-12-5-8-16(17(9-12)20-3)21-13-6-7-14(11(2)19)15(18)10-13/h5-10H,4H2,1-3H3. The first-order valence-electron chi connectivity index (χ1n) is 6.70. The molecule has 21 heavy (non-hydrogen) atoms. The van der Waals surface area contributed by atoms with E-state index in [1.54, 1.807) is 25.3 Å². The van der Waals surface area contributed by atoms with E-state index in [9.17, 15) is 4.79 Å². The minimum absolute atomic E-state index is 0.0728. The van der Waals surface area contributed by atoms with Crippen molar-refractivity contribution in [3.8, 4) is 17.2 Å². The van der Waals surface area contributed by atoms with E-state index in [-0.39, 0.29) is 5.78 Å². The van der Waals surface area contributed by atoms with Crippen molar-refractivity contribution in [1.29, 1.82) is 0 Å². The minimum atomic E-state index is -0.0728. The number of rotatable bonds is 5. The van der Waals surface area contributed by atoms with E-state index in [1.165, 1.54) is 12.5 Å². The summed E-state index contributed by atoms with van der Waals surface area (Å²) in [7, 11) is 1.60. The molecular formula is C17H17ClO3. The molecule has 2 rings (SSSR count). The van der Waals surface area contributed by atoms with Gasteiger partial charge in [0.25, 0.3) is 0 Å². The third-order valence-corrected chi connectivity index (χ3v) is 3.50. The zero-order valence-corrected chi connectivity index (χ0v) is 13.0. The van der Waals surface area contributed by atoms with Crippen LogP contribution in [0.15, 0.2) is 36.4 Å². The number of Topliss-reactive ketones (excluding diaryl/α,β-unsaturated/α-hetero) is 1. The molecular weight excluding hydrogens is 288 g/mol. The molecule has 0 saturated carbocycles. The van der Waals surface area contributed by atoms with Crippen LogP contribution in [0, 0.1) is 0 Å². The molecule has 0 saturated heterocycles. The molecule has 110 valence electrons. The summed E-state index contributed by atoms with van der Waals surface area (Å²) in [5, 5.41) is 0.379. The van der Waals surface area contributed by atoms with Gasteiger partial charge in [-0.25, -0.2) is 0 Å². The molecule has 0 spiro atoms. The van der Waals surface area contributed by atoms with Crippen molar-refractivity contribution in [1.82, 2.24) is 0 Å². The molecule has 4 heteroatoms. The SMILES string of the molecule is CCc1ccc(Oc2ccc(C(C)=O)c(Cl)c2)c(OC)c1. The third kappa shape index (κ3) is 3.56. The first-order valence-corrected chi connectivity index (χ1v) is 7.08. The summed E-state index contributed by atoms with van der Waals surface area (Å²) in [6, 6.07) is 10.8. The van der Waals surface area contributed by atoms with Crippen LogP contribution in [0.5, 0.6) is 17.2 Å². The highest BCUT2D eigenvalue weighted by molar-refractivity contribution is 6.34. The number of ether oxygens (including phenoxy) is 2. The molecule has 0 aliphatic heterocycles. The van der Waals surface area contributed by atoms with E-state index in [0.29, 0.717) is 27.8 Å².